The SMILES string of the molecule is CCn1c(NC(=O)c2cccs2)c(-c2ccc(Cl)cc2)c(=O)c2ccccc21. The van der Waals surface area contributed by atoms with Crippen LogP contribution in [0.5, 0.6) is 0 Å². The number of carbonyl (C=O) groups is 1. The lowest BCUT2D eigenvalue weighted by atomic mass is 10.0. The standard InChI is InChI=1S/C22H17ClN2O2S/c1-2-25-17-7-4-3-6-16(17)20(26)19(14-9-11-15(23)12-10-14)21(25)24-22(27)18-8-5-13-28-18/h3-13H,2H2,1H3,(H,24,27). The van der Waals surface area contributed by atoms with Gasteiger partial charge < -0.3 is 9.88 Å². The van der Waals surface area contributed by atoms with Gasteiger partial charge in [-0.2, -0.15) is 0 Å². The third-order valence-corrected chi connectivity index (χ3v) is 5.72. The maximum Gasteiger partial charge on any atom is 0.266 e. The normalized spacial score (nSPS) is 10.9. The van der Waals surface area contributed by atoms with Gasteiger partial charge in [-0.25, -0.2) is 0 Å². The average molecular weight is 409 g/mol. The average Bonchev–Trinajstić information content (AvgIpc) is 3.25. The number of aryl methyl sites for hydroxylation is 1. The number of rotatable bonds is 4. The van der Waals surface area contributed by atoms with Crippen LogP contribution in [0.2, 0.25) is 5.02 Å². The Morgan fingerprint density at radius 2 is 1.82 bits per heavy atom. The van der Waals surface area contributed by atoms with E-state index in [0.717, 1.165) is 5.52 Å². The lowest BCUT2D eigenvalue weighted by Gasteiger charge is -2.20. The molecule has 0 bridgehead atoms. The maximum absolute atomic E-state index is 13.4. The number of amides is 1. The van der Waals surface area contributed by atoms with E-state index in [9.17, 15) is 9.59 Å². The number of carbonyl (C=O) groups excluding carboxylic acids is 1. The van der Waals surface area contributed by atoms with Crippen LogP contribution in [0.1, 0.15) is 16.6 Å². The molecule has 0 saturated carbocycles. The number of hydrogen-bond donors (Lipinski definition) is 1. The van der Waals surface area contributed by atoms with Gasteiger partial charge in [0.2, 0.25) is 0 Å². The van der Waals surface area contributed by atoms with Gasteiger partial charge in [0.15, 0.2) is 5.43 Å². The van der Waals surface area contributed by atoms with E-state index in [4.69, 9.17) is 11.6 Å². The number of hydrogen-bond acceptors (Lipinski definition) is 3. The van der Waals surface area contributed by atoms with Crippen molar-refractivity contribution < 1.29 is 4.79 Å². The van der Waals surface area contributed by atoms with Gasteiger partial charge in [0.1, 0.15) is 5.82 Å². The fourth-order valence-corrected chi connectivity index (χ4v) is 4.06. The Balaban J connectivity index is 2.01. The predicted octanol–water partition coefficient (Wildman–Crippen LogP) is 5.66. The number of aromatic nitrogens is 1. The summed E-state index contributed by atoms with van der Waals surface area (Å²) < 4.78 is 1.96. The van der Waals surface area contributed by atoms with Crippen LogP contribution in [0.25, 0.3) is 22.0 Å². The summed E-state index contributed by atoms with van der Waals surface area (Å²) in [7, 11) is 0. The Bertz CT molecular complexity index is 1210. The second-order valence-electron chi connectivity index (χ2n) is 6.25. The minimum Gasteiger partial charge on any atom is -0.327 e. The zero-order chi connectivity index (χ0) is 19.7. The first-order valence-electron chi connectivity index (χ1n) is 8.86. The minimum absolute atomic E-state index is 0.121. The zero-order valence-corrected chi connectivity index (χ0v) is 16.7. The van der Waals surface area contributed by atoms with E-state index in [2.05, 4.69) is 5.32 Å². The van der Waals surface area contributed by atoms with Crippen LogP contribution in [0, 0.1) is 0 Å². The molecule has 0 aliphatic carbocycles. The van der Waals surface area contributed by atoms with Crippen LogP contribution in [-0.4, -0.2) is 10.5 Å². The van der Waals surface area contributed by atoms with Crippen LogP contribution in [-0.2, 0) is 6.54 Å². The Morgan fingerprint density at radius 1 is 1.07 bits per heavy atom. The largest absolute Gasteiger partial charge is 0.327 e. The first-order valence-corrected chi connectivity index (χ1v) is 10.1. The van der Waals surface area contributed by atoms with Gasteiger partial charge in [-0.05, 0) is 48.2 Å². The van der Waals surface area contributed by atoms with Crippen molar-refractivity contribution in [3.8, 4) is 11.1 Å². The minimum atomic E-state index is -0.234. The summed E-state index contributed by atoms with van der Waals surface area (Å²) in [5.41, 5.74) is 1.84. The third-order valence-electron chi connectivity index (χ3n) is 4.60. The Kier molecular flexibility index (Phi) is 5.03. The number of nitrogens with one attached hydrogen (secondary N) is 1. The molecule has 140 valence electrons. The monoisotopic (exact) mass is 408 g/mol. The molecule has 0 radical (unpaired) electrons. The van der Waals surface area contributed by atoms with Gasteiger partial charge in [-0.3, -0.25) is 9.59 Å². The maximum atomic E-state index is 13.4. The Morgan fingerprint density at radius 3 is 2.50 bits per heavy atom. The van der Waals surface area contributed by atoms with Crippen LogP contribution < -0.4 is 10.7 Å². The lowest BCUT2D eigenvalue weighted by molar-refractivity contribution is 0.102. The molecule has 0 aliphatic heterocycles. The number of anilines is 1. The molecule has 0 fully saturated rings. The molecule has 2 aromatic heterocycles. The first kappa shape index (κ1) is 18.5. The van der Waals surface area contributed by atoms with E-state index in [-0.39, 0.29) is 11.3 Å². The van der Waals surface area contributed by atoms with Gasteiger partial charge in [0.05, 0.1) is 16.0 Å². The molecule has 0 saturated heterocycles. The molecule has 0 atom stereocenters. The molecular formula is C22H17ClN2O2S. The number of para-hydroxylation sites is 1. The first-order chi connectivity index (χ1) is 13.6. The molecular weight excluding hydrogens is 392 g/mol. The van der Waals surface area contributed by atoms with Crippen LogP contribution in [0.4, 0.5) is 5.82 Å². The molecule has 4 aromatic rings. The van der Waals surface area contributed by atoms with Crippen LogP contribution >= 0.6 is 22.9 Å². The van der Waals surface area contributed by atoms with Crippen molar-refractivity contribution >= 4 is 45.6 Å². The molecule has 0 unspecified atom stereocenters. The fraction of sp³-hybridized carbons (Fsp3) is 0.0909. The van der Waals surface area contributed by atoms with Gasteiger partial charge in [-0.15, -0.1) is 11.3 Å². The topological polar surface area (TPSA) is 51.1 Å². The van der Waals surface area contributed by atoms with Crippen molar-refractivity contribution in [3.05, 3.63) is 86.2 Å². The highest BCUT2D eigenvalue weighted by molar-refractivity contribution is 7.12. The number of pyridine rings is 1. The molecule has 28 heavy (non-hydrogen) atoms. The van der Waals surface area contributed by atoms with Gasteiger partial charge in [0, 0.05) is 17.0 Å². The third kappa shape index (κ3) is 3.23. The predicted molar refractivity (Wildman–Crippen MR) is 117 cm³/mol. The number of nitrogens with zero attached hydrogens (tertiary/aromatic N) is 1. The molecule has 0 spiro atoms. The summed E-state index contributed by atoms with van der Waals surface area (Å²) in [6.45, 7) is 2.59. The van der Waals surface area contributed by atoms with E-state index < -0.39 is 0 Å². The number of halogens is 1. The summed E-state index contributed by atoms with van der Waals surface area (Å²) in [6.07, 6.45) is 0. The van der Waals surface area contributed by atoms with E-state index in [1.54, 1.807) is 30.3 Å². The summed E-state index contributed by atoms with van der Waals surface area (Å²) in [6, 6.07) is 18.1. The fourth-order valence-electron chi connectivity index (χ4n) is 3.32. The molecule has 4 rings (SSSR count). The van der Waals surface area contributed by atoms with E-state index in [0.29, 0.717) is 38.8 Å². The molecule has 2 aromatic carbocycles. The highest BCUT2D eigenvalue weighted by Crippen LogP contribution is 2.30. The van der Waals surface area contributed by atoms with Crippen molar-refractivity contribution in [2.24, 2.45) is 0 Å². The van der Waals surface area contributed by atoms with E-state index in [1.165, 1.54) is 11.3 Å². The summed E-state index contributed by atoms with van der Waals surface area (Å²) in [4.78, 5) is 26.8. The lowest BCUT2D eigenvalue weighted by Crippen LogP contribution is -2.22. The molecule has 0 aliphatic rings. The molecule has 4 nitrogen and oxygen atoms in total. The molecule has 1 N–H and O–H groups in total. The van der Waals surface area contributed by atoms with Crippen molar-refractivity contribution in [3.63, 3.8) is 0 Å². The second-order valence-corrected chi connectivity index (χ2v) is 7.64. The van der Waals surface area contributed by atoms with Gasteiger partial charge in [0.25, 0.3) is 5.91 Å². The summed E-state index contributed by atoms with van der Waals surface area (Å²) >= 11 is 7.39. The molecule has 1 amide bonds. The van der Waals surface area contributed by atoms with E-state index >= 15 is 0 Å². The highest BCUT2D eigenvalue weighted by Gasteiger charge is 2.20. The van der Waals surface area contributed by atoms with E-state index in [1.807, 2.05) is 47.2 Å². The van der Waals surface area contributed by atoms with Crippen molar-refractivity contribution in [1.29, 1.82) is 0 Å². The molecule has 2 heterocycles. The summed E-state index contributed by atoms with van der Waals surface area (Å²) in [5, 5.41) is 6.03. The number of thiophene rings is 1. The highest BCUT2D eigenvalue weighted by atomic mass is 35.5. The van der Waals surface area contributed by atoms with Crippen molar-refractivity contribution in [2.45, 2.75) is 13.5 Å². The van der Waals surface area contributed by atoms with Crippen LogP contribution in [0.3, 0.4) is 0 Å². The van der Waals surface area contributed by atoms with Gasteiger partial charge >= 0.3 is 0 Å². The van der Waals surface area contributed by atoms with Gasteiger partial charge in [-0.1, -0.05) is 41.9 Å². The number of benzene rings is 2. The quantitative estimate of drug-likeness (QED) is 0.474. The Labute approximate surface area is 171 Å². The summed E-state index contributed by atoms with van der Waals surface area (Å²) in [5.74, 6) is 0.258. The Hall–Kier alpha value is -2.89. The molecule has 6 heteroatoms. The van der Waals surface area contributed by atoms with Crippen LogP contribution in [0.15, 0.2) is 70.8 Å². The smallest absolute Gasteiger partial charge is 0.266 e. The van der Waals surface area contributed by atoms with Crippen molar-refractivity contribution in [1.82, 2.24) is 4.57 Å². The second kappa shape index (κ2) is 7.62. The number of fused-ring (bicyclic) bond motifs is 1. The zero-order valence-electron chi connectivity index (χ0n) is 15.1. The van der Waals surface area contributed by atoms with Crippen molar-refractivity contribution in [2.75, 3.05) is 5.32 Å².